The minimum atomic E-state index is -3.19. The summed E-state index contributed by atoms with van der Waals surface area (Å²) >= 11 is 0. The van der Waals surface area contributed by atoms with Crippen molar-refractivity contribution in [2.75, 3.05) is 30.1 Å². The van der Waals surface area contributed by atoms with Gasteiger partial charge < -0.3 is 5.11 Å². The van der Waals surface area contributed by atoms with Crippen LogP contribution in [0.4, 0.5) is 0 Å². The molecular weight excluding hydrogens is 266 g/mol. The van der Waals surface area contributed by atoms with Crippen LogP contribution in [0.5, 0.6) is 0 Å². The molecule has 0 bridgehead atoms. The Bertz CT molecular complexity index is 497. The molecule has 2 heterocycles. The van der Waals surface area contributed by atoms with Gasteiger partial charge in [0.2, 0.25) is 0 Å². The molecule has 0 spiro atoms. The minimum Gasteiger partial charge on any atom is -0.390 e. The molecule has 0 aromatic carbocycles. The summed E-state index contributed by atoms with van der Waals surface area (Å²) in [5, 5.41) is 9.72. The van der Waals surface area contributed by atoms with Gasteiger partial charge in [0.05, 0.1) is 35.2 Å². The second-order valence-electron chi connectivity index (χ2n) is 4.93. The summed E-state index contributed by atoms with van der Waals surface area (Å²) in [4.78, 5) is 1.72. The Morgan fingerprint density at radius 3 is 2.12 bits per heavy atom. The number of nitrogens with zero attached hydrogens (tertiary/aromatic N) is 1. The molecule has 8 heteroatoms. The van der Waals surface area contributed by atoms with E-state index in [1.54, 1.807) is 11.9 Å². The molecule has 0 aromatic rings. The monoisotopic (exact) mass is 283 g/mol. The van der Waals surface area contributed by atoms with Crippen LogP contribution >= 0.6 is 0 Å². The molecule has 0 saturated carbocycles. The molecule has 2 saturated heterocycles. The van der Waals surface area contributed by atoms with Crippen LogP contribution in [0.1, 0.15) is 6.42 Å². The molecule has 2 aliphatic heterocycles. The zero-order valence-electron chi connectivity index (χ0n) is 9.61. The van der Waals surface area contributed by atoms with Crippen molar-refractivity contribution in [2.24, 2.45) is 0 Å². The van der Waals surface area contributed by atoms with Crippen LogP contribution in [-0.4, -0.2) is 75.1 Å². The van der Waals surface area contributed by atoms with Crippen molar-refractivity contribution in [2.45, 2.75) is 24.6 Å². The second-order valence-corrected chi connectivity index (χ2v) is 9.32. The van der Waals surface area contributed by atoms with Crippen molar-refractivity contribution in [1.29, 1.82) is 0 Å². The number of sulfone groups is 2. The fraction of sp³-hybridized carbons (Fsp3) is 1.00. The number of likely N-dealkylation sites (N-methyl/N-ethyl adjacent to an activating group) is 1. The summed E-state index contributed by atoms with van der Waals surface area (Å²) in [7, 11) is -4.48. The second kappa shape index (κ2) is 4.18. The van der Waals surface area contributed by atoms with Crippen molar-refractivity contribution in [1.82, 2.24) is 4.90 Å². The lowest BCUT2D eigenvalue weighted by atomic mass is 10.1. The van der Waals surface area contributed by atoms with Gasteiger partial charge in [0.15, 0.2) is 19.7 Å². The Hall–Kier alpha value is -0.180. The van der Waals surface area contributed by atoms with E-state index in [2.05, 4.69) is 0 Å². The maximum Gasteiger partial charge on any atom is 0.154 e. The number of aliphatic hydroxyl groups is 1. The molecule has 2 rings (SSSR count). The zero-order chi connectivity index (χ0) is 12.8. The highest BCUT2D eigenvalue weighted by molar-refractivity contribution is 7.92. The molecule has 17 heavy (non-hydrogen) atoms. The Kier molecular flexibility index (Phi) is 3.26. The first-order valence-electron chi connectivity index (χ1n) is 5.51. The average molecular weight is 283 g/mol. The maximum absolute atomic E-state index is 11.4. The van der Waals surface area contributed by atoms with E-state index in [-0.39, 0.29) is 29.1 Å². The smallest absolute Gasteiger partial charge is 0.154 e. The largest absolute Gasteiger partial charge is 0.390 e. The number of rotatable bonds is 2. The molecule has 0 aliphatic carbocycles. The highest BCUT2D eigenvalue weighted by Gasteiger charge is 2.42. The molecule has 0 amide bonds. The summed E-state index contributed by atoms with van der Waals surface area (Å²) in [6, 6.07) is -0.647. The normalized spacial score (nSPS) is 39.8. The van der Waals surface area contributed by atoms with Gasteiger partial charge in [-0.25, -0.2) is 16.8 Å². The quantitative estimate of drug-likeness (QED) is 0.647. The lowest BCUT2D eigenvalue weighted by Gasteiger charge is -2.30. The third-order valence-corrected chi connectivity index (χ3v) is 7.05. The van der Waals surface area contributed by atoms with Crippen molar-refractivity contribution in [3.63, 3.8) is 0 Å². The van der Waals surface area contributed by atoms with Crippen molar-refractivity contribution in [3.05, 3.63) is 0 Å². The van der Waals surface area contributed by atoms with E-state index in [1.165, 1.54) is 0 Å². The summed E-state index contributed by atoms with van der Waals surface area (Å²) < 4.78 is 45.5. The van der Waals surface area contributed by atoms with Gasteiger partial charge in [0.1, 0.15) is 0 Å². The van der Waals surface area contributed by atoms with Crippen LogP contribution in [0.25, 0.3) is 0 Å². The Morgan fingerprint density at radius 1 is 1.06 bits per heavy atom. The fourth-order valence-electron chi connectivity index (χ4n) is 2.57. The summed E-state index contributed by atoms with van der Waals surface area (Å²) in [6.07, 6.45) is -0.393. The lowest BCUT2D eigenvalue weighted by Crippen LogP contribution is -2.46. The number of aliphatic hydroxyl groups excluding tert-OH is 1. The maximum atomic E-state index is 11.4. The van der Waals surface area contributed by atoms with Crippen LogP contribution in [0.2, 0.25) is 0 Å². The Labute approximate surface area is 101 Å². The fourth-order valence-corrected chi connectivity index (χ4v) is 6.21. The molecule has 2 aliphatic rings. The van der Waals surface area contributed by atoms with Crippen molar-refractivity contribution in [3.8, 4) is 0 Å². The summed E-state index contributed by atoms with van der Waals surface area (Å²) in [6.45, 7) is 0. The molecule has 0 aromatic heterocycles. The standard InChI is InChI=1S/C9H17NO5S2/c1-10(7-2-3-16(12,13)4-7)8-5-17(14,15)6-9(8)11/h7-9,11H,2-6H2,1H3. The van der Waals surface area contributed by atoms with E-state index < -0.39 is 31.8 Å². The van der Waals surface area contributed by atoms with Crippen LogP contribution in [0.3, 0.4) is 0 Å². The van der Waals surface area contributed by atoms with Gasteiger partial charge >= 0.3 is 0 Å². The van der Waals surface area contributed by atoms with E-state index in [1.807, 2.05) is 0 Å². The molecule has 0 radical (unpaired) electrons. The zero-order valence-corrected chi connectivity index (χ0v) is 11.2. The van der Waals surface area contributed by atoms with Gasteiger partial charge in [-0.15, -0.1) is 0 Å². The topological polar surface area (TPSA) is 91.8 Å². The van der Waals surface area contributed by atoms with Gasteiger partial charge in [-0.1, -0.05) is 0 Å². The molecule has 2 fully saturated rings. The van der Waals surface area contributed by atoms with E-state index in [0.717, 1.165) is 0 Å². The van der Waals surface area contributed by atoms with Crippen LogP contribution in [-0.2, 0) is 19.7 Å². The number of hydrogen-bond acceptors (Lipinski definition) is 6. The molecule has 1 N–H and O–H groups in total. The molecule has 100 valence electrons. The van der Waals surface area contributed by atoms with Crippen molar-refractivity contribution >= 4 is 19.7 Å². The van der Waals surface area contributed by atoms with Crippen molar-refractivity contribution < 1.29 is 21.9 Å². The average Bonchev–Trinajstić information content (AvgIpc) is 2.65. The molecule has 3 unspecified atom stereocenters. The lowest BCUT2D eigenvalue weighted by molar-refractivity contribution is 0.0795. The van der Waals surface area contributed by atoms with E-state index in [4.69, 9.17) is 0 Å². The summed E-state index contributed by atoms with van der Waals surface area (Å²) in [5.74, 6) is -0.0902. The number of hydrogen-bond donors (Lipinski definition) is 1. The Balaban J connectivity index is 2.09. The van der Waals surface area contributed by atoms with E-state index in [9.17, 15) is 21.9 Å². The van der Waals surface area contributed by atoms with E-state index in [0.29, 0.717) is 6.42 Å². The van der Waals surface area contributed by atoms with Gasteiger partial charge in [-0.2, -0.15) is 0 Å². The van der Waals surface area contributed by atoms with Gasteiger partial charge in [0.25, 0.3) is 0 Å². The van der Waals surface area contributed by atoms with E-state index >= 15 is 0 Å². The summed E-state index contributed by atoms with van der Waals surface area (Å²) in [5.41, 5.74) is 0. The van der Waals surface area contributed by atoms with Gasteiger partial charge in [-0.3, -0.25) is 4.90 Å². The van der Waals surface area contributed by atoms with Crippen LogP contribution < -0.4 is 0 Å². The first-order valence-corrected chi connectivity index (χ1v) is 9.15. The van der Waals surface area contributed by atoms with Gasteiger partial charge in [0, 0.05) is 6.04 Å². The highest BCUT2D eigenvalue weighted by atomic mass is 32.2. The predicted molar refractivity (Wildman–Crippen MR) is 63.3 cm³/mol. The Morgan fingerprint density at radius 2 is 1.71 bits per heavy atom. The predicted octanol–water partition coefficient (Wildman–Crippen LogP) is -1.74. The minimum absolute atomic E-state index is 0.0623. The third-order valence-electron chi connectivity index (χ3n) is 3.60. The molecule has 3 atom stereocenters. The highest BCUT2D eigenvalue weighted by Crippen LogP contribution is 2.24. The molecule has 6 nitrogen and oxygen atoms in total. The van der Waals surface area contributed by atoms with Gasteiger partial charge in [-0.05, 0) is 13.5 Å². The third kappa shape index (κ3) is 2.81. The molecular formula is C9H17NO5S2. The SMILES string of the molecule is CN(C1CCS(=O)(=O)C1)C1CS(=O)(=O)CC1O. The first kappa shape index (κ1) is 13.3. The first-order chi connectivity index (χ1) is 7.70. The van der Waals surface area contributed by atoms with Crippen LogP contribution in [0.15, 0.2) is 0 Å². The van der Waals surface area contributed by atoms with Crippen LogP contribution in [0, 0.1) is 0 Å².